The lowest BCUT2D eigenvalue weighted by molar-refractivity contribution is -0.128. The van der Waals surface area contributed by atoms with Gasteiger partial charge in [0.1, 0.15) is 5.75 Å². The van der Waals surface area contributed by atoms with Crippen molar-refractivity contribution < 1.29 is 14.7 Å². The molecule has 0 bridgehead atoms. The molecule has 2 aromatic carbocycles. The smallest absolute Gasteiger partial charge is 0.248 e. The molecule has 1 fully saturated rings. The number of carbonyl (C=O) groups is 2. The minimum atomic E-state index is -0.596. The summed E-state index contributed by atoms with van der Waals surface area (Å²) >= 11 is 0. The number of nitrogens with zero attached hydrogens (tertiary/aromatic N) is 2. The molecule has 1 aliphatic heterocycles. The van der Waals surface area contributed by atoms with E-state index >= 15 is 0 Å². The molecule has 0 aliphatic carbocycles. The molecule has 1 atom stereocenters. The van der Waals surface area contributed by atoms with E-state index < -0.39 is 11.3 Å². The number of hydrogen-bond donors (Lipinski definition) is 2. The molecular weight excluding hydrogens is 414 g/mol. The number of phenolic OH excluding ortho intramolecular Hbond substituents is 1. The number of primary amides is 1. The minimum absolute atomic E-state index is 0.0686. The zero-order chi connectivity index (χ0) is 23.6. The highest BCUT2D eigenvalue weighted by Gasteiger charge is 2.44. The molecule has 33 heavy (non-hydrogen) atoms. The van der Waals surface area contributed by atoms with Crippen LogP contribution in [0, 0.1) is 5.41 Å². The van der Waals surface area contributed by atoms with Crippen LogP contribution < -0.4 is 5.73 Å². The fourth-order valence-electron chi connectivity index (χ4n) is 4.35. The van der Waals surface area contributed by atoms with E-state index in [-0.39, 0.29) is 17.6 Å². The van der Waals surface area contributed by atoms with E-state index in [4.69, 9.17) is 5.73 Å². The van der Waals surface area contributed by atoms with Gasteiger partial charge in [-0.05, 0) is 53.6 Å². The van der Waals surface area contributed by atoms with Crippen molar-refractivity contribution in [3.05, 3.63) is 101 Å². The van der Waals surface area contributed by atoms with E-state index in [0.717, 1.165) is 11.1 Å². The molecule has 3 aromatic rings. The molecule has 168 valence electrons. The molecule has 6 heteroatoms. The summed E-state index contributed by atoms with van der Waals surface area (Å²) in [6, 6.07) is 19.5. The number of carbonyl (C=O) groups excluding carboxylic acids is 2. The van der Waals surface area contributed by atoms with E-state index in [1.807, 2.05) is 62.4 Å². The van der Waals surface area contributed by atoms with E-state index in [9.17, 15) is 14.7 Å². The number of ketones is 1. The lowest BCUT2D eigenvalue weighted by Crippen LogP contribution is -2.49. The predicted octanol–water partition coefficient (Wildman–Crippen LogP) is 4.12. The quantitative estimate of drug-likeness (QED) is 0.581. The van der Waals surface area contributed by atoms with Gasteiger partial charge in [0, 0.05) is 35.8 Å². The number of hydrogen-bond acceptors (Lipinski definition) is 5. The third-order valence-electron chi connectivity index (χ3n) is 5.96. The maximum atomic E-state index is 13.6. The second-order valence-electron chi connectivity index (χ2n) is 9.03. The zero-order valence-electron chi connectivity index (χ0n) is 18.7. The fraction of sp³-hybridized carbons (Fsp3) is 0.222. The number of aromatic nitrogens is 1. The maximum absolute atomic E-state index is 13.6. The molecule has 2 heterocycles. The number of phenols is 1. The summed E-state index contributed by atoms with van der Waals surface area (Å²) in [7, 11) is 0. The second kappa shape index (κ2) is 9.00. The van der Waals surface area contributed by atoms with Gasteiger partial charge in [0.05, 0.1) is 11.7 Å². The van der Waals surface area contributed by atoms with Crippen LogP contribution >= 0.6 is 0 Å². The van der Waals surface area contributed by atoms with Gasteiger partial charge in [-0.3, -0.25) is 19.5 Å². The van der Waals surface area contributed by atoms with E-state index in [1.165, 1.54) is 0 Å². The second-order valence-corrected chi connectivity index (χ2v) is 9.03. The van der Waals surface area contributed by atoms with Crippen molar-refractivity contribution in [3.63, 3.8) is 0 Å². The zero-order valence-corrected chi connectivity index (χ0v) is 18.7. The SMILES string of the molecule is CC1(C)CN(Cc2ccc(O)cc2)C(c2ccc(C(N)=O)cc2)C(=Cc2ccccn2)C1=O. The van der Waals surface area contributed by atoms with Crippen molar-refractivity contribution in [1.82, 2.24) is 9.88 Å². The monoisotopic (exact) mass is 441 g/mol. The van der Waals surface area contributed by atoms with Gasteiger partial charge < -0.3 is 10.8 Å². The van der Waals surface area contributed by atoms with Crippen molar-refractivity contribution in [2.75, 3.05) is 6.54 Å². The minimum Gasteiger partial charge on any atom is -0.508 e. The van der Waals surface area contributed by atoms with E-state index in [0.29, 0.717) is 29.9 Å². The highest BCUT2D eigenvalue weighted by Crippen LogP contribution is 2.42. The Hall–Kier alpha value is -3.77. The normalized spacial score (nSPS) is 19.5. The van der Waals surface area contributed by atoms with Gasteiger partial charge in [0.15, 0.2) is 5.78 Å². The van der Waals surface area contributed by atoms with Crippen molar-refractivity contribution in [2.45, 2.75) is 26.4 Å². The number of benzene rings is 2. The van der Waals surface area contributed by atoms with Crippen LogP contribution in [-0.2, 0) is 11.3 Å². The first-order valence-electron chi connectivity index (χ1n) is 10.8. The topological polar surface area (TPSA) is 96.5 Å². The number of nitrogens with two attached hydrogens (primary N) is 1. The van der Waals surface area contributed by atoms with Gasteiger partial charge in [-0.2, -0.15) is 0 Å². The van der Waals surface area contributed by atoms with Gasteiger partial charge in [0.2, 0.25) is 5.91 Å². The Morgan fingerprint density at radius 1 is 1.12 bits per heavy atom. The molecule has 0 saturated carbocycles. The summed E-state index contributed by atoms with van der Waals surface area (Å²) in [6.45, 7) is 5.04. The van der Waals surface area contributed by atoms with Gasteiger partial charge in [-0.1, -0.05) is 44.2 Å². The first-order chi connectivity index (χ1) is 15.7. The Balaban J connectivity index is 1.83. The molecule has 0 radical (unpaired) electrons. The van der Waals surface area contributed by atoms with Crippen molar-refractivity contribution in [1.29, 1.82) is 0 Å². The van der Waals surface area contributed by atoms with Crippen LogP contribution in [0.1, 0.15) is 47.1 Å². The highest BCUT2D eigenvalue weighted by atomic mass is 16.3. The summed E-state index contributed by atoms with van der Waals surface area (Å²) in [5.74, 6) is -0.214. The lowest BCUT2D eigenvalue weighted by Gasteiger charge is -2.44. The number of Topliss-reactive ketones (excluding diaryl/α,β-unsaturated/α-hetero) is 1. The number of likely N-dealkylation sites (tertiary alicyclic amines) is 1. The fourth-order valence-corrected chi connectivity index (χ4v) is 4.35. The van der Waals surface area contributed by atoms with Gasteiger partial charge in [-0.15, -0.1) is 0 Å². The van der Waals surface area contributed by atoms with Crippen LogP contribution in [0.4, 0.5) is 0 Å². The molecule has 6 nitrogen and oxygen atoms in total. The standard InChI is InChI=1S/C27H27N3O3/c1-27(2)17-30(16-18-6-12-22(31)13-7-18)24(19-8-10-20(11-9-19)26(28)33)23(25(27)32)15-21-5-3-4-14-29-21/h3-15,24,31H,16-17H2,1-2H3,(H2,28,33). The van der Waals surface area contributed by atoms with Crippen LogP contribution in [0.5, 0.6) is 5.75 Å². The molecule has 1 unspecified atom stereocenters. The molecule has 3 N–H and O–H groups in total. The van der Waals surface area contributed by atoms with Gasteiger partial charge in [-0.25, -0.2) is 0 Å². The first-order valence-corrected chi connectivity index (χ1v) is 10.8. The van der Waals surface area contributed by atoms with Crippen LogP contribution in [0.2, 0.25) is 0 Å². The summed E-state index contributed by atoms with van der Waals surface area (Å²) in [5.41, 5.74) is 8.52. The Bertz CT molecular complexity index is 1180. The molecule has 1 amide bonds. The van der Waals surface area contributed by atoms with Gasteiger partial charge in [0.25, 0.3) is 0 Å². The molecule has 1 aromatic heterocycles. The summed E-state index contributed by atoms with van der Waals surface area (Å²) in [5, 5.41) is 9.68. The third-order valence-corrected chi connectivity index (χ3v) is 5.96. The average molecular weight is 442 g/mol. The first kappa shape index (κ1) is 22.4. The van der Waals surface area contributed by atoms with Gasteiger partial charge >= 0.3 is 0 Å². The summed E-state index contributed by atoms with van der Waals surface area (Å²) < 4.78 is 0. The molecular formula is C27H27N3O3. The van der Waals surface area contributed by atoms with Crippen molar-refractivity contribution in [2.24, 2.45) is 11.1 Å². The Morgan fingerprint density at radius 3 is 2.42 bits per heavy atom. The summed E-state index contributed by atoms with van der Waals surface area (Å²) in [4.78, 5) is 31.9. The van der Waals surface area contributed by atoms with E-state index in [2.05, 4.69) is 9.88 Å². The summed E-state index contributed by atoms with van der Waals surface area (Å²) in [6.07, 6.45) is 3.56. The molecule has 1 saturated heterocycles. The van der Waals surface area contributed by atoms with Crippen LogP contribution in [0.25, 0.3) is 6.08 Å². The Kier molecular flexibility index (Phi) is 6.11. The maximum Gasteiger partial charge on any atom is 0.248 e. The van der Waals surface area contributed by atoms with Crippen LogP contribution in [0.3, 0.4) is 0 Å². The number of amides is 1. The molecule has 1 aliphatic rings. The largest absolute Gasteiger partial charge is 0.508 e. The lowest BCUT2D eigenvalue weighted by atomic mass is 9.74. The average Bonchev–Trinajstić information content (AvgIpc) is 2.79. The highest BCUT2D eigenvalue weighted by molar-refractivity contribution is 6.05. The van der Waals surface area contributed by atoms with Crippen LogP contribution in [-0.4, -0.2) is 33.2 Å². The number of piperidine rings is 1. The van der Waals surface area contributed by atoms with E-state index in [1.54, 1.807) is 30.5 Å². The van der Waals surface area contributed by atoms with Crippen molar-refractivity contribution >= 4 is 17.8 Å². The molecule has 0 spiro atoms. The number of rotatable bonds is 5. The number of pyridine rings is 1. The third kappa shape index (κ3) is 4.86. The Morgan fingerprint density at radius 2 is 1.82 bits per heavy atom. The molecule has 4 rings (SSSR count). The Labute approximate surface area is 193 Å². The number of aromatic hydroxyl groups is 1. The predicted molar refractivity (Wildman–Crippen MR) is 127 cm³/mol. The van der Waals surface area contributed by atoms with Crippen LogP contribution in [0.15, 0.2) is 78.5 Å². The van der Waals surface area contributed by atoms with Crippen molar-refractivity contribution in [3.8, 4) is 5.75 Å².